The van der Waals surface area contributed by atoms with E-state index >= 15 is 0 Å². The number of carbonyl (C=O) groups excluding carboxylic acids is 2. The van der Waals surface area contributed by atoms with Gasteiger partial charge in [-0.05, 0) is 48.0 Å². The summed E-state index contributed by atoms with van der Waals surface area (Å²) >= 11 is 6.01. The van der Waals surface area contributed by atoms with Gasteiger partial charge in [0.1, 0.15) is 11.3 Å². The van der Waals surface area contributed by atoms with Gasteiger partial charge in [0.15, 0.2) is 11.5 Å². The molecule has 7 nitrogen and oxygen atoms in total. The van der Waals surface area contributed by atoms with Crippen LogP contribution in [0.15, 0.2) is 88.8 Å². The number of aromatic nitrogens is 1. The Morgan fingerprint density at radius 3 is 2.64 bits per heavy atom. The molecular formula is C25H14ClF3N2O5. The van der Waals surface area contributed by atoms with Crippen LogP contribution in [0.5, 0.6) is 5.75 Å². The Bertz CT molecular complexity index is 1530. The summed E-state index contributed by atoms with van der Waals surface area (Å²) in [6.45, 7) is 0. The first-order valence-electron chi connectivity index (χ1n) is 10.4. The molecule has 0 bridgehead atoms. The van der Waals surface area contributed by atoms with E-state index in [1.54, 1.807) is 30.3 Å². The minimum atomic E-state index is -4.96. The number of nitrogens with zero attached hydrogens (tertiary/aromatic N) is 2. The van der Waals surface area contributed by atoms with E-state index in [4.69, 9.17) is 16.0 Å². The van der Waals surface area contributed by atoms with Gasteiger partial charge < -0.3 is 14.3 Å². The zero-order valence-corrected chi connectivity index (χ0v) is 18.7. The molecule has 4 aromatic rings. The number of ketones is 1. The smallest absolute Gasteiger partial charge is 0.503 e. The van der Waals surface area contributed by atoms with Crippen LogP contribution in [0.1, 0.15) is 22.2 Å². The maximum Gasteiger partial charge on any atom is 0.573 e. The van der Waals surface area contributed by atoms with Gasteiger partial charge in [-0.25, -0.2) is 0 Å². The van der Waals surface area contributed by atoms with Gasteiger partial charge in [0, 0.05) is 34.6 Å². The molecule has 36 heavy (non-hydrogen) atoms. The summed E-state index contributed by atoms with van der Waals surface area (Å²) in [6.07, 6.45) is -2.11. The topological polar surface area (TPSA) is 92.9 Å². The number of hydrogen-bond donors (Lipinski definition) is 1. The van der Waals surface area contributed by atoms with E-state index in [1.807, 2.05) is 0 Å². The third-order valence-corrected chi connectivity index (χ3v) is 5.72. The first-order valence-corrected chi connectivity index (χ1v) is 10.8. The van der Waals surface area contributed by atoms with Crippen molar-refractivity contribution in [2.75, 3.05) is 4.90 Å². The molecule has 1 N–H and O–H groups in total. The number of fused-ring (bicyclic) bond motifs is 1. The molecule has 11 heteroatoms. The molecule has 0 saturated heterocycles. The van der Waals surface area contributed by atoms with Gasteiger partial charge in [-0.1, -0.05) is 23.7 Å². The van der Waals surface area contributed by atoms with E-state index in [-0.39, 0.29) is 17.0 Å². The molecule has 0 radical (unpaired) electrons. The van der Waals surface area contributed by atoms with Crippen molar-refractivity contribution in [1.82, 2.24) is 4.98 Å². The Balaban J connectivity index is 1.61. The number of carbonyl (C=O) groups is 2. The molecule has 0 spiro atoms. The number of aliphatic hydroxyl groups is 1. The summed E-state index contributed by atoms with van der Waals surface area (Å²) in [5.41, 5.74) is 0.333. The van der Waals surface area contributed by atoms with Crippen molar-refractivity contribution < 1.29 is 37.0 Å². The molecular weight excluding hydrogens is 501 g/mol. The molecule has 0 aliphatic carbocycles. The molecule has 1 unspecified atom stereocenters. The predicted octanol–water partition coefficient (Wildman–Crippen LogP) is 6.16. The van der Waals surface area contributed by atoms with Gasteiger partial charge in [-0.3, -0.25) is 19.5 Å². The molecule has 1 amide bonds. The Morgan fingerprint density at radius 2 is 1.92 bits per heavy atom. The van der Waals surface area contributed by atoms with Crippen LogP contribution < -0.4 is 9.64 Å². The number of rotatable bonds is 5. The lowest BCUT2D eigenvalue weighted by Gasteiger charge is -2.26. The number of halogens is 4. The normalized spacial score (nSPS) is 16.2. The van der Waals surface area contributed by atoms with Crippen molar-refractivity contribution in [2.45, 2.75) is 12.4 Å². The standard InChI is InChI=1S/C25H14ClF3N2O5/c26-15-6-7-18-14(9-15)10-19(35-18)22(32)20-21(13-3-2-8-30-12-13)31(24(34)23(20)33)16-4-1-5-17(11-16)36-25(27,28)29/h1-12,21,33H. The second-order valence-corrected chi connectivity index (χ2v) is 8.23. The molecule has 1 atom stereocenters. The first kappa shape index (κ1) is 23.4. The molecule has 0 fully saturated rings. The van der Waals surface area contributed by atoms with Gasteiger partial charge in [0.25, 0.3) is 5.91 Å². The summed E-state index contributed by atoms with van der Waals surface area (Å²) in [4.78, 5) is 31.8. The van der Waals surface area contributed by atoms with Gasteiger partial charge in [0.2, 0.25) is 5.78 Å². The number of ether oxygens (including phenoxy) is 1. The van der Waals surface area contributed by atoms with E-state index in [2.05, 4.69) is 9.72 Å². The molecule has 1 aliphatic heterocycles. The van der Waals surface area contributed by atoms with E-state index < -0.39 is 35.6 Å². The predicted molar refractivity (Wildman–Crippen MR) is 123 cm³/mol. The van der Waals surface area contributed by atoms with Crippen molar-refractivity contribution in [2.24, 2.45) is 0 Å². The summed E-state index contributed by atoms with van der Waals surface area (Å²) in [7, 11) is 0. The number of alkyl halides is 3. The fraction of sp³-hybridized carbons (Fsp3) is 0.0800. The second kappa shape index (κ2) is 8.72. The lowest BCUT2D eigenvalue weighted by atomic mass is 9.96. The number of benzene rings is 2. The zero-order chi connectivity index (χ0) is 25.6. The highest BCUT2D eigenvalue weighted by Gasteiger charge is 2.45. The highest BCUT2D eigenvalue weighted by Crippen LogP contribution is 2.43. The average molecular weight is 515 g/mol. The number of Topliss-reactive ketones (excluding diaryl/α,β-unsaturated/α-hetero) is 1. The van der Waals surface area contributed by atoms with Crippen LogP contribution in [0.25, 0.3) is 11.0 Å². The number of amides is 1. The van der Waals surface area contributed by atoms with Crippen molar-refractivity contribution in [3.05, 3.63) is 101 Å². The number of anilines is 1. The minimum absolute atomic E-state index is 0.0404. The molecule has 1 aliphatic rings. The van der Waals surface area contributed by atoms with Crippen molar-refractivity contribution in [3.8, 4) is 5.75 Å². The number of hydrogen-bond acceptors (Lipinski definition) is 6. The third kappa shape index (κ3) is 4.27. The summed E-state index contributed by atoms with van der Waals surface area (Å²) in [5.74, 6) is -3.38. The number of aliphatic hydroxyl groups excluding tert-OH is 1. The SMILES string of the molecule is O=C(C1=C(O)C(=O)N(c2cccc(OC(F)(F)F)c2)C1c1cccnc1)c1cc2cc(Cl)ccc2o1. The maximum atomic E-state index is 13.6. The second-order valence-electron chi connectivity index (χ2n) is 7.79. The van der Waals surface area contributed by atoms with Crippen molar-refractivity contribution in [1.29, 1.82) is 0 Å². The van der Waals surface area contributed by atoms with Crippen LogP contribution >= 0.6 is 11.6 Å². The Labute approximate surface area is 206 Å². The maximum absolute atomic E-state index is 13.6. The van der Waals surface area contributed by atoms with Gasteiger partial charge in [-0.2, -0.15) is 0 Å². The molecule has 3 heterocycles. The molecule has 0 saturated carbocycles. The van der Waals surface area contributed by atoms with Crippen LogP contribution in [0.2, 0.25) is 5.02 Å². The first-order chi connectivity index (χ1) is 17.1. The van der Waals surface area contributed by atoms with Crippen LogP contribution in [-0.4, -0.2) is 28.1 Å². The quantitative estimate of drug-likeness (QED) is 0.320. The monoisotopic (exact) mass is 514 g/mol. The Kier molecular flexibility index (Phi) is 5.68. The van der Waals surface area contributed by atoms with E-state index in [0.717, 1.165) is 17.0 Å². The van der Waals surface area contributed by atoms with Gasteiger partial charge in [-0.15, -0.1) is 13.2 Å². The highest BCUT2D eigenvalue weighted by molar-refractivity contribution is 6.31. The number of furan rings is 1. The average Bonchev–Trinajstić information content (AvgIpc) is 3.37. The molecule has 2 aromatic heterocycles. The summed E-state index contributed by atoms with van der Waals surface area (Å²) in [6, 6.07) is 12.7. The van der Waals surface area contributed by atoms with Gasteiger partial charge in [0.05, 0.1) is 11.6 Å². The largest absolute Gasteiger partial charge is 0.573 e. The van der Waals surface area contributed by atoms with Gasteiger partial charge >= 0.3 is 6.36 Å². The van der Waals surface area contributed by atoms with Crippen LogP contribution in [0, 0.1) is 0 Å². The Morgan fingerprint density at radius 1 is 1.11 bits per heavy atom. The van der Waals surface area contributed by atoms with Crippen molar-refractivity contribution in [3.63, 3.8) is 0 Å². The fourth-order valence-corrected chi connectivity index (χ4v) is 4.23. The highest BCUT2D eigenvalue weighted by atomic mass is 35.5. The molecule has 5 rings (SSSR count). The van der Waals surface area contributed by atoms with E-state index in [9.17, 15) is 27.9 Å². The lowest BCUT2D eigenvalue weighted by molar-refractivity contribution is -0.274. The van der Waals surface area contributed by atoms with Crippen LogP contribution in [0.4, 0.5) is 18.9 Å². The molecule has 2 aromatic carbocycles. The van der Waals surface area contributed by atoms with Crippen LogP contribution in [0.3, 0.4) is 0 Å². The van der Waals surface area contributed by atoms with E-state index in [1.165, 1.54) is 30.6 Å². The third-order valence-electron chi connectivity index (χ3n) is 5.48. The van der Waals surface area contributed by atoms with Crippen LogP contribution in [-0.2, 0) is 4.79 Å². The summed E-state index contributed by atoms with van der Waals surface area (Å²) < 4.78 is 47.9. The lowest BCUT2D eigenvalue weighted by Crippen LogP contribution is -2.31. The zero-order valence-electron chi connectivity index (χ0n) is 18.0. The Hall–Kier alpha value is -4.31. The number of pyridine rings is 1. The summed E-state index contributed by atoms with van der Waals surface area (Å²) in [5, 5.41) is 11.7. The molecule has 182 valence electrons. The van der Waals surface area contributed by atoms with E-state index in [0.29, 0.717) is 21.6 Å². The minimum Gasteiger partial charge on any atom is -0.503 e. The van der Waals surface area contributed by atoms with Crippen molar-refractivity contribution >= 4 is 39.9 Å². The fourth-order valence-electron chi connectivity index (χ4n) is 4.05.